The third-order valence-electron chi connectivity index (χ3n) is 16.2. The van der Waals surface area contributed by atoms with Crippen LogP contribution in [-0.2, 0) is 87.2 Å². The van der Waals surface area contributed by atoms with Crippen molar-refractivity contribution in [2.24, 2.45) is 0 Å². The topological polar surface area (TPSA) is 610 Å². The highest BCUT2D eigenvalue weighted by atomic mass is 31.2. The summed E-state index contributed by atoms with van der Waals surface area (Å²) < 4.78 is 149. The minimum Gasteiger partial charge on any atom is -0.390 e. The molecule has 5 aromatic heterocycles. The molecule has 0 saturated carbocycles. The molecule has 50 heteroatoms. The summed E-state index contributed by atoms with van der Waals surface area (Å²) in [6.45, 7) is 1.71. The van der Waals surface area contributed by atoms with Crippen LogP contribution in [0.4, 0.5) is 0 Å². The van der Waals surface area contributed by atoms with Crippen LogP contribution in [0.3, 0.4) is 0 Å². The number of ether oxygens (including phenoxy) is 5. The number of aliphatic hydroxyl groups excluding tert-OH is 1. The Kier molecular flexibility index (Phi) is 23.3. The van der Waals surface area contributed by atoms with Gasteiger partial charge in [0, 0.05) is 95.5 Å². The first-order chi connectivity index (χ1) is 46.8. The molecule has 5 aliphatic heterocycles. The molecular weight excluding hydrogens is 1460 g/mol. The van der Waals surface area contributed by atoms with Crippen molar-refractivity contribution in [1.82, 2.24) is 47.8 Å². The number of phosphoric acid groups is 4. The molecule has 0 bridgehead atoms. The molecule has 5 aliphatic rings. The van der Waals surface area contributed by atoms with Gasteiger partial charge in [0.25, 0.3) is 27.8 Å². The maximum absolute atomic E-state index is 14.1. The standard InChI is InChI=1S/C50H65N10O35P5/c1-21-11-56(46(67)51-41(21)62)36-6-26(61)31(87-36)17-83-97(74,75)93-28-8-38(58-13-23(3)43(64)53-48(58)69)89-33(28)19-85-99(78,79)95-30-10-40(60-15-25(5)45(66)55-50(60)71)91-35(30)20-86-100(80,81)94-29-9-39(59-14-24(4)44(65)54-49(59)70)90-34(29)18-84-98(76,77)92-27-7-37(88-32(27)16-82-96(72)73)57-12-22(2)42(63)52-47(57)68/h11-15,26-40,61H,6-10,16-20H2,1-5H3,(H9-,51,52,53,54,55,62,63,64,65,66,67,68,69,70,71,72,73,74,75,76,77,78,79,80,81)/p+1/t26-,27-,28-,29-,30-,31+,32+,33+,34+,35+,36+,37+,38+,39+,40+/m0/s1. The van der Waals surface area contributed by atoms with E-state index in [9.17, 15) is 100 Å². The maximum Gasteiger partial charge on any atom is 0.694 e. The highest BCUT2D eigenvalue weighted by Crippen LogP contribution is 2.55. The first kappa shape index (κ1) is 76.3. The Bertz CT molecular complexity index is 4770. The van der Waals surface area contributed by atoms with E-state index in [-0.39, 0.29) is 34.2 Å². The second-order valence-electron chi connectivity index (χ2n) is 23.5. The molecule has 550 valence electrons. The van der Waals surface area contributed by atoms with Gasteiger partial charge in [0.1, 0.15) is 92.7 Å². The number of aryl methyl sites for hydroxylation is 5. The third-order valence-corrected chi connectivity index (χ3v) is 20.7. The highest BCUT2D eigenvalue weighted by molar-refractivity contribution is 7.48. The number of phosphoric ester groups is 4. The molecular formula is C50H66N10O35P5+. The summed E-state index contributed by atoms with van der Waals surface area (Å²) in [4.78, 5) is 190. The van der Waals surface area contributed by atoms with Crippen molar-refractivity contribution >= 4 is 39.5 Å². The summed E-state index contributed by atoms with van der Waals surface area (Å²) in [6.07, 6.45) is -20.5. The van der Waals surface area contributed by atoms with Crippen molar-refractivity contribution in [3.8, 4) is 0 Å². The molecule has 0 radical (unpaired) electrons. The summed E-state index contributed by atoms with van der Waals surface area (Å²) >= 11 is 0. The van der Waals surface area contributed by atoms with Crippen LogP contribution in [0, 0.1) is 34.6 Å². The maximum atomic E-state index is 14.1. The second-order valence-corrected chi connectivity index (χ2v) is 29.8. The Morgan fingerprint density at radius 1 is 0.390 bits per heavy atom. The fraction of sp³-hybridized carbons (Fsp3) is 0.600. The van der Waals surface area contributed by atoms with E-state index >= 15 is 0 Å². The van der Waals surface area contributed by atoms with Crippen LogP contribution in [0.15, 0.2) is 78.9 Å². The van der Waals surface area contributed by atoms with Gasteiger partial charge in [0.05, 0.1) is 32.5 Å². The van der Waals surface area contributed by atoms with Crippen LogP contribution in [-0.4, -0.2) is 171 Å². The molecule has 0 spiro atoms. The number of aliphatic hydroxyl groups is 1. The molecule has 5 unspecified atom stereocenters. The molecule has 0 aliphatic carbocycles. The summed E-state index contributed by atoms with van der Waals surface area (Å²) in [5.74, 6) is 0. The quantitative estimate of drug-likeness (QED) is 0.0236. The molecule has 10 heterocycles. The number of rotatable bonds is 28. The van der Waals surface area contributed by atoms with E-state index in [1.807, 2.05) is 9.97 Å². The van der Waals surface area contributed by atoms with Crippen molar-refractivity contribution in [2.75, 3.05) is 33.0 Å². The molecule has 10 rings (SSSR count). The van der Waals surface area contributed by atoms with Crippen molar-refractivity contribution in [3.05, 3.63) is 163 Å². The fourth-order valence-corrected chi connectivity index (χ4v) is 15.3. The molecule has 100 heavy (non-hydrogen) atoms. The van der Waals surface area contributed by atoms with E-state index in [1.165, 1.54) is 40.8 Å². The van der Waals surface area contributed by atoms with Gasteiger partial charge in [-0.3, -0.25) is 108 Å². The van der Waals surface area contributed by atoms with Crippen LogP contribution < -0.4 is 56.2 Å². The van der Waals surface area contributed by atoms with Crippen molar-refractivity contribution in [1.29, 1.82) is 0 Å². The lowest BCUT2D eigenvalue weighted by molar-refractivity contribution is -0.0648. The van der Waals surface area contributed by atoms with Crippen LogP contribution in [0.1, 0.15) is 91.1 Å². The first-order valence-corrected chi connectivity index (χ1v) is 36.9. The normalized spacial score (nSPS) is 29.5. The van der Waals surface area contributed by atoms with E-state index in [4.69, 9.17) is 64.4 Å². The van der Waals surface area contributed by atoms with Crippen molar-refractivity contribution < 1.29 is 117 Å². The van der Waals surface area contributed by atoms with Gasteiger partial charge in [0.2, 0.25) is 0 Å². The average Bonchev–Trinajstić information content (AvgIpc) is 1.77. The number of hydrogen-bond acceptors (Lipinski definition) is 30. The number of nitrogens with one attached hydrogen (secondary N) is 5. The monoisotopic (exact) mass is 1520 g/mol. The van der Waals surface area contributed by atoms with Crippen molar-refractivity contribution in [2.45, 2.75) is 159 Å². The van der Waals surface area contributed by atoms with Gasteiger partial charge in [-0.15, -0.1) is 9.42 Å². The van der Waals surface area contributed by atoms with Crippen LogP contribution in [0.25, 0.3) is 0 Å². The van der Waals surface area contributed by atoms with Crippen molar-refractivity contribution in [3.63, 3.8) is 0 Å². The van der Waals surface area contributed by atoms with Gasteiger partial charge < -0.3 is 48.4 Å². The van der Waals surface area contributed by atoms with Gasteiger partial charge >= 0.3 is 68.0 Å². The lowest BCUT2D eigenvalue weighted by Gasteiger charge is -2.25. The highest BCUT2D eigenvalue weighted by Gasteiger charge is 2.50. The summed E-state index contributed by atoms with van der Waals surface area (Å²) in [7, 11) is -25.3. The van der Waals surface area contributed by atoms with Gasteiger partial charge in [-0.05, 0) is 34.6 Å². The zero-order chi connectivity index (χ0) is 72.8. The van der Waals surface area contributed by atoms with E-state index in [2.05, 4.69) is 15.0 Å². The Morgan fingerprint density at radius 3 is 0.840 bits per heavy atom. The molecule has 20 atom stereocenters. The lowest BCUT2D eigenvalue weighted by Crippen LogP contribution is -2.33. The molecule has 5 fully saturated rings. The summed E-state index contributed by atoms with van der Waals surface area (Å²) in [6, 6.07) is 0. The molecule has 11 N–H and O–H groups in total. The average molecular weight is 1520 g/mol. The predicted molar refractivity (Wildman–Crippen MR) is 327 cm³/mol. The Morgan fingerprint density at radius 2 is 0.600 bits per heavy atom. The molecule has 5 saturated heterocycles. The van der Waals surface area contributed by atoms with Gasteiger partial charge in [-0.2, -0.15) is 0 Å². The van der Waals surface area contributed by atoms with Crippen LogP contribution in [0.5, 0.6) is 0 Å². The van der Waals surface area contributed by atoms with Gasteiger partial charge in [0.15, 0.2) is 0 Å². The van der Waals surface area contributed by atoms with E-state index < -0.39 is 247 Å². The van der Waals surface area contributed by atoms with Gasteiger partial charge in [-0.25, -0.2) is 42.2 Å². The molecule has 0 amide bonds. The molecule has 45 nitrogen and oxygen atoms in total. The number of hydrogen-bond donors (Lipinski definition) is 11. The second kappa shape index (κ2) is 30.5. The van der Waals surface area contributed by atoms with E-state index in [0.29, 0.717) is 0 Å². The van der Waals surface area contributed by atoms with Gasteiger partial charge in [-0.1, -0.05) is 0 Å². The number of H-pyrrole nitrogens is 5. The zero-order valence-electron chi connectivity index (χ0n) is 52.6. The predicted octanol–water partition coefficient (Wildman–Crippen LogP) is -2.25. The van der Waals surface area contributed by atoms with E-state index in [0.717, 1.165) is 47.6 Å². The summed E-state index contributed by atoms with van der Waals surface area (Å²) in [5.41, 5.74) is -8.80. The minimum atomic E-state index is -5.61. The zero-order valence-corrected chi connectivity index (χ0v) is 57.1. The Labute approximate surface area is 557 Å². The minimum absolute atomic E-state index is 0.0106. The lowest BCUT2D eigenvalue weighted by atomic mass is 10.2. The molecule has 0 aromatic carbocycles. The Balaban J connectivity index is 0.841. The number of nitrogens with zero attached hydrogens (tertiary/aromatic N) is 5. The van der Waals surface area contributed by atoms with Crippen LogP contribution in [0.2, 0.25) is 0 Å². The SMILES string of the molecule is Cc1cn([C@H]2C[C@H](OP(=O)(O)OC[C@H]3O[C@@H](n4cc(C)c(=O)[nH]c4=O)C[C@@H]3OP(=O)(O)OC[C@H]3O[C@@H](n4cc(C)c(=O)[nH]c4=O)C[C@@H]3OP(=O)(O)OC[C@H]3O[C@@H](n4cc(C)c(=O)[nH]c4=O)C[C@@H]3OP(=O)(O)OC[C@H]3O[C@@H](n4cc(C)c(=O)[nH]c4=O)C[C@@H]3O)[C@@H](CO[P+](=O)O)O2)c(=O)[nH]c1=O. The third kappa shape index (κ3) is 18.3. The summed E-state index contributed by atoms with van der Waals surface area (Å²) in [5, 5.41) is 10.8. The number of aromatic nitrogens is 10. The number of aromatic amines is 5. The fourth-order valence-electron chi connectivity index (χ4n) is 11.2. The first-order valence-electron chi connectivity index (χ1n) is 29.8. The largest absolute Gasteiger partial charge is 0.694 e. The molecule has 5 aromatic rings. The smallest absolute Gasteiger partial charge is 0.390 e. The van der Waals surface area contributed by atoms with Crippen LogP contribution >= 0.6 is 39.5 Å². The van der Waals surface area contributed by atoms with E-state index in [1.54, 1.807) is 0 Å². The Hall–Kier alpha value is -6.38.